The lowest BCUT2D eigenvalue weighted by atomic mass is 10.2. The predicted molar refractivity (Wildman–Crippen MR) is 117 cm³/mol. The standard InChI is InChI=1S/C25H28N2O3/c1-19-11-14-24(30-19)17-27(22-9-5-6-10-22)25(28)26-21-12-15-23(16-13-21)29-18-20-7-3-2-4-8-20/h2-4,7-8,11-16,22H,5-6,9-10,17-18H2,1H3,(H,26,28). The van der Waals surface area contributed by atoms with Crippen molar-refractivity contribution in [3.63, 3.8) is 0 Å². The van der Waals surface area contributed by atoms with Crippen LogP contribution in [0.15, 0.2) is 71.1 Å². The number of nitrogens with one attached hydrogen (secondary N) is 1. The number of amides is 2. The van der Waals surface area contributed by atoms with E-state index in [9.17, 15) is 4.79 Å². The molecule has 5 nitrogen and oxygen atoms in total. The second kappa shape index (κ2) is 9.53. The van der Waals surface area contributed by atoms with Crippen LogP contribution in [0.3, 0.4) is 0 Å². The molecule has 1 aliphatic rings. The number of urea groups is 1. The molecule has 1 heterocycles. The lowest BCUT2D eigenvalue weighted by molar-refractivity contribution is 0.178. The molecule has 0 spiro atoms. The van der Waals surface area contributed by atoms with Gasteiger partial charge in [-0.05, 0) is 61.7 Å². The maximum atomic E-state index is 13.0. The molecule has 0 saturated heterocycles. The van der Waals surface area contributed by atoms with Crippen molar-refractivity contribution < 1.29 is 13.9 Å². The van der Waals surface area contributed by atoms with Gasteiger partial charge in [0.1, 0.15) is 23.9 Å². The van der Waals surface area contributed by atoms with Crippen LogP contribution in [-0.4, -0.2) is 17.0 Å². The minimum Gasteiger partial charge on any atom is -0.489 e. The quantitative estimate of drug-likeness (QED) is 0.514. The molecule has 2 amide bonds. The van der Waals surface area contributed by atoms with Crippen LogP contribution in [0.5, 0.6) is 5.75 Å². The summed E-state index contributed by atoms with van der Waals surface area (Å²) in [6.07, 6.45) is 4.41. The van der Waals surface area contributed by atoms with Crippen molar-refractivity contribution in [1.29, 1.82) is 0 Å². The van der Waals surface area contributed by atoms with Crippen LogP contribution in [-0.2, 0) is 13.2 Å². The Kier molecular flexibility index (Phi) is 6.38. The number of carbonyl (C=O) groups excluding carboxylic acids is 1. The Morgan fingerprint density at radius 2 is 1.77 bits per heavy atom. The molecular formula is C25H28N2O3. The molecule has 156 valence electrons. The maximum absolute atomic E-state index is 13.0. The number of hydrogen-bond acceptors (Lipinski definition) is 3. The van der Waals surface area contributed by atoms with Gasteiger partial charge in [-0.15, -0.1) is 0 Å². The number of rotatable bonds is 7. The first-order valence-corrected chi connectivity index (χ1v) is 10.6. The summed E-state index contributed by atoms with van der Waals surface area (Å²) in [5.41, 5.74) is 1.88. The van der Waals surface area contributed by atoms with E-state index < -0.39 is 0 Å². The molecule has 1 aliphatic carbocycles. The number of ether oxygens (including phenoxy) is 1. The molecule has 0 radical (unpaired) electrons. The molecular weight excluding hydrogens is 376 g/mol. The van der Waals surface area contributed by atoms with Gasteiger partial charge in [0.2, 0.25) is 0 Å². The molecule has 4 rings (SSSR count). The summed E-state index contributed by atoms with van der Waals surface area (Å²) in [6, 6.07) is 21.6. The summed E-state index contributed by atoms with van der Waals surface area (Å²) in [7, 11) is 0. The molecule has 0 unspecified atom stereocenters. The highest BCUT2D eigenvalue weighted by Crippen LogP contribution is 2.26. The number of hydrogen-bond donors (Lipinski definition) is 1. The second-order valence-electron chi connectivity index (χ2n) is 7.81. The topological polar surface area (TPSA) is 54.7 Å². The second-order valence-corrected chi connectivity index (χ2v) is 7.81. The summed E-state index contributed by atoms with van der Waals surface area (Å²) in [5.74, 6) is 2.46. The Bertz CT molecular complexity index is 944. The minimum atomic E-state index is -0.0890. The van der Waals surface area contributed by atoms with E-state index in [1.165, 1.54) is 12.8 Å². The van der Waals surface area contributed by atoms with E-state index in [4.69, 9.17) is 9.15 Å². The fraction of sp³-hybridized carbons (Fsp3) is 0.320. The fourth-order valence-electron chi connectivity index (χ4n) is 3.89. The smallest absolute Gasteiger partial charge is 0.322 e. The van der Waals surface area contributed by atoms with E-state index in [1.807, 2.05) is 78.6 Å². The Morgan fingerprint density at radius 1 is 1.03 bits per heavy atom. The predicted octanol–water partition coefficient (Wildman–Crippen LogP) is 6.14. The number of nitrogens with zero attached hydrogens (tertiary/aromatic N) is 1. The zero-order valence-corrected chi connectivity index (χ0v) is 17.3. The van der Waals surface area contributed by atoms with Gasteiger partial charge in [-0.2, -0.15) is 0 Å². The summed E-state index contributed by atoms with van der Waals surface area (Å²) >= 11 is 0. The molecule has 30 heavy (non-hydrogen) atoms. The molecule has 3 aromatic rings. The Balaban J connectivity index is 1.37. The van der Waals surface area contributed by atoms with Gasteiger partial charge in [-0.3, -0.25) is 0 Å². The first kappa shape index (κ1) is 20.1. The van der Waals surface area contributed by atoms with E-state index in [0.29, 0.717) is 13.2 Å². The van der Waals surface area contributed by atoms with Crippen LogP contribution < -0.4 is 10.1 Å². The average molecular weight is 405 g/mol. The van der Waals surface area contributed by atoms with E-state index in [-0.39, 0.29) is 12.1 Å². The summed E-state index contributed by atoms with van der Waals surface area (Å²) in [6.45, 7) is 2.93. The van der Waals surface area contributed by atoms with Crippen LogP contribution in [0.4, 0.5) is 10.5 Å². The number of anilines is 1. The normalized spacial score (nSPS) is 13.9. The third-order valence-electron chi connectivity index (χ3n) is 5.50. The zero-order valence-electron chi connectivity index (χ0n) is 17.3. The molecule has 1 N–H and O–H groups in total. The number of carbonyl (C=O) groups is 1. The highest BCUT2D eigenvalue weighted by atomic mass is 16.5. The van der Waals surface area contributed by atoms with Gasteiger partial charge in [0, 0.05) is 11.7 Å². The Labute approximate surface area is 177 Å². The van der Waals surface area contributed by atoms with Gasteiger partial charge in [-0.1, -0.05) is 43.2 Å². The van der Waals surface area contributed by atoms with Crippen LogP contribution in [0.2, 0.25) is 0 Å². The number of aryl methyl sites for hydroxylation is 1. The molecule has 2 aromatic carbocycles. The molecule has 0 bridgehead atoms. The first-order chi connectivity index (χ1) is 14.7. The monoisotopic (exact) mass is 404 g/mol. The van der Waals surface area contributed by atoms with Crippen molar-refractivity contribution in [2.75, 3.05) is 5.32 Å². The molecule has 1 fully saturated rings. The van der Waals surface area contributed by atoms with Crippen molar-refractivity contribution in [2.45, 2.75) is 51.8 Å². The van der Waals surface area contributed by atoms with Gasteiger partial charge < -0.3 is 19.4 Å². The summed E-state index contributed by atoms with van der Waals surface area (Å²) in [5, 5.41) is 3.04. The van der Waals surface area contributed by atoms with Gasteiger partial charge in [0.05, 0.1) is 6.54 Å². The van der Waals surface area contributed by atoms with Gasteiger partial charge in [-0.25, -0.2) is 4.79 Å². The molecule has 1 saturated carbocycles. The van der Waals surface area contributed by atoms with E-state index in [2.05, 4.69) is 5.32 Å². The lowest BCUT2D eigenvalue weighted by Crippen LogP contribution is -2.41. The molecule has 0 aliphatic heterocycles. The van der Waals surface area contributed by atoms with E-state index in [1.54, 1.807) is 0 Å². The van der Waals surface area contributed by atoms with Crippen molar-refractivity contribution in [3.05, 3.63) is 83.8 Å². The molecule has 1 aromatic heterocycles. The highest BCUT2D eigenvalue weighted by molar-refractivity contribution is 5.89. The lowest BCUT2D eigenvalue weighted by Gasteiger charge is -2.28. The van der Waals surface area contributed by atoms with E-state index in [0.717, 1.165) is 41.4 Å². The summed E-state index contributed by atoms with van der Waals surface area (Å²) < 4.78 is 11.5. The minimum absolute atomic E-state index is 0.0890. The number of furan rings is 1. The first-order valence-electron chi connectivity index (χ1n) is 10.6. The average Bonchev–Trinajstić information content (AvgIpc) is 3.44. The van der Waals surface area contributed by atoms with Crippen LogP contribution in [0, 0.1) is 6.92 Å². The van der Waals surface area contributed by atoms with Crippen LogP contribution >= 0.6 is 0 Å². The van der Waals surface area contributed by atoms with Crippen molar-refractivity contribution in [1.82, 2.24) is 4.90 Å². The van der Waals surface area contributed by atoms with Crippen LogP contribution in [0.25, 0.3) is 0 Å². The van der Waals surface area contributed by atoms with Gasteiger partial charge in [0.15, 0.2) is 0 Å². The molecule has 0 atom stereocenters. The highest BCUT2D eigenvalue weighted by Gasteiger charge is 2.27. The summed E-state index contributed by atoms with van der Waals surface area (Å²) in [4.78, 5) is 15.0. The largest absolute Gasteiger partial charge is 0.489 e. The zero-order chi connectivity index (χ0) is 20.8. The van der Waals surface area contributed by atoms with Gasteiger partial charge in [0.25, 0.3) is 0 Å². The van der Waals surface area contributed by atoms with E-state index >= 15 is 0 Å². The van der Waals surface area contributed by atoms with Crippen LogP contribution in [0.1, 0.15) is 42.8 Å². The maximum Gasteiger partial charge on any atom is 0.322 e. The number of benzene rings is 2. The van der Waals surface area contributed by atoms with Crippen molar-refractivity contribution >= 4 is 11.7 Å². The fourth-order valence-corrected chi connectivity index (χ4v) is 3.89. The third kappa shape index (κ3) is 5.23. The van der Waals surface area contributed by atoms with Crippen molar-refractivity contribution in [3.8, 4) is 5.75 Å². The third-order valence-corrected chi connectivity index (χ3v) is 5.50. The Morgan fingerprint density at radius 3 is 2.43 bits per heavy atom. The SMILES string of the molecule is Cc1ccc(CN(C(=O)Nc2ccc(OCc3ccccc3)cc2)C2CCCC2)o1. The molecule has 5 heteroatoms. The Hall–Kier alpha value is -3.21. The van der Waals surface area contributed by atoms with Gasteiger partial charge >= 0.3 is 6.03 Å². The van der Waals surface area contributed by atoms with Crippen molar-refractivity contribution in [2.24, 2.45) is 0 Å².